The highest BCUT2D eigenvalue weighted by Gasteiger charge is 2.69. The first-order valence-electron chi connectivity index (χ1n) is 16.5. The molecule has 3 aromatic carbocycles. The number of methoxy groups -OCH3 is 2. The van der Waals surface area contributed by atoms with Gasteiger partial charge in [-0.1, -0.05) is 75.4 Å². The summed E-state index contributed by atoms with van der Waals surface area (Å²) in [7, 11) is 3.28. The van der Waals surface area contributed by atoms with Gasteiger partial charge in [-0.25, -0.2) is 0 Å². The van der Waals surface area contributed by atoms with Crippen molar-refractivity contribution in [2.24, 2.45) is 28.6 Å². The van der Waals surface area contributed by atoms with Gasteiger partial charge in [0.15, 0.2) is 6.29 Å². The lowest BCUT2D eigenvalue weighted by Gasteiger charge is -2.38. The molecule has 244 valence electrons. The highest BCUT2D eigenvalue weighted by Crippen LogP contribution is 2.71. The number of benzene rings is 3. The van der Waals surface area contributed by atoms with Gasteiger partial charge in [-0.2, -0.15) is 5.26 Å². The minimum absolute atomic E-state index is 0.0969. The molecule has 1 saturated heterocycles. The molecule has 7 atom stereocenters. The predicted molar refractivity (Wildman–Crippen MR) is 175 cm³/mol. The van der Waals surface area contributed by atoms with Crippen molar-refractivity contribution in [3.05, 3.63) is 95.6 Å². The van der Waals surface area contributed by atoms with Gasteiger partial charge in [0.05, 0.1) is 51.6 Å². The van der Waals surface area contributed by atoms with Crippen molar-refractivity contribution in [3.8, 4) is 17.6 Å². The van der Waals surface area contributed by atoms with Crippen molar-refractivity contribution < 1.29 is 28.8 Å². The molecular formula is C39H47NO6. The first kappa shape index (κ1) is 32.5. The van der Waals surface area contributed by atoms with E-state index in [9.17, 15) is 10.4 Å². The Morgan fingerprint density at radius 2 is 1.48 bits per heavy atom. The summed E-state index contributed by atoms with van der Waals surface area (Å²) >= 11 is 0. The Hall–Kier alpha value is -3.41. The number of hydrogen-bond acceptors (Lipinski definition) is 7. The summed E-state index contributed by atoms with van der Waals surface area (Å²) in [6.07, 6.45) is 2.62. The van der Waals surface area contributed by atoms with Gasteiger partial charge in [0.2, 0.25) is 0 Å². The second-order valence-electron chi connectivity index (χ2n) is 14.0. The SMILES string of the molecule is COc1ccc(C(OC[C@@H](C#N)C[C@H](O)CO[C@H]2C[C@@H]3[C@H]4CC[C@@](C)([C@@H]3O2)C4(C)C)(c2ccccc2)c2ccc(OC)cc2)cc1. The molecule has 3 fully saturated rings. The van der Waals surface area contributed by atoms with E-state index in [2.05, 4.69) is 26.8 Å². The van der Waals surface area contributed by atoms with E-state index in [0.29, 0.717) is 11.8 Å². The van der Waals surface area contributed by atoms with Gasteiger partial charge in [0.1, 0.15) is 17.1 Å². The average Bonchev–Trinajstić information content (AvgIpc) is 3.67. The zero-order valence-electron chi connectivity index (χ0n) is 27.6. The molecule has 0 unspecified atom stereocenters. The number of nitriles is 1. The second-order valence-corrected chi connectivity index (χ2v) is 14.0. The van der Waals surface area contributed by atoms with Crippen LogP contribution in [0.15, 0.2) is 78.9 Å². The van der Waals surface area contributed by atoms with E-state index in [0.717, 1.165) is 34.6 Å². The topological polar surface area (TPSA) is 90.2 Å². The van der Waals surface area contributed by atoms with Crippen LogP contribution in [0, 0.1) is 39.9 Å². The Morgan fingerprint density at radius 3 is 2.02 bits per heavy atom. The molecule has 6 rings (SSSR count). The minimum atomic E-state index is -1.03. The van der Waals surface area contributed by atoms with Gasteiger partial charge in [-0.05, 0) is 82.9 Å². The van der Waals surface area contributed by atoms with Crippen molar-refractivity contribution in [2.75, 3.05) is 27.4 Å². The first-order valence-corrected chi connectivity index (χ1v) is 16.5. The van der Waals surface area contributed by atoms with Crippen molar-refractivity contribution >= 4 is 0 Å². The molecule has 7 nitrogen and oxygen atoms in total. The maximum Gasteiger partial charge on any atom is 0.158 e. The summed E-state index contributed by atoms with van der Waals surface area (Å²) in [6, 6.07) is 28.0. The molecule has 1 heterocycles. The third kappa shape index (κ3) is 5.60. The van der Waals surface area contributed by atoms with E-state index in [1.165, 1.54) is 12.8 Å². The zero-order chi connectivity index (χ0) is 32.5. The van der Waals surface area contributed by atoms with Gasteiger partial charge >= 0.3 is 0 Å². The summed E-state index contributed by atoms with van der Waals surface area (Å²) in [5, 5.41) is 21.3. The van der Waals surface area contributed by atoms with E-state index in [1.54, 1.807) is 14.2 Å². The summed E-state index contributed by atoms with van der Waals surface area (Å²) in [5.74, 6) is 2.07. The maximum absolute atomic E-state index is 11.0. The fraction of sp³-hybridized carbons (Fsp3) is 0.513. The van der Waals surface area contributed by atoms with Gasteiger partial charge < -0.3 is 28.8 Å². The average molecular weight is 626 g/mol. The van der Waals surface area contributed by atoms with Crippen LogP contribution in [-0.4, -0.2) is 51.0 Å². The molecule has 0 amide bonds. The highest BCUT2D eigenvalue weighted by atomic mass is 16.7. The van der Waals surface area contributed by atoms with E-state index in [-0.39, 0.29) is 42.9 Å². The van der Waals surface area contributed by atoms with Crippen molar-refractivity contribution in [2.45, 2.75) is 70.6 Å². The fourth-order valence-corrected chi connectivity index (χ4v) is 8.66. The quantitative estimate of drug-likeness (QED) is 0.203. The molecule has 1 aliphatic heterocycles. The summed E-state index contributed by atoms with van der Waals surface area (Å²) < 4.78 is 30.4. The van der Waals surface area contributed by atoms with Crippen LogP contribution in [0.2, 0.25) is 0 Å². The molecule has 0 aromatic heterocycles. The number of aliphatic hydroxyl groups excluding tert-OH is 1. The van der Waals surface area contributed by atoms with Crippen LogP contribution in [0.5, 0.6) is 11.5 Å². The molecule has 2 bridgehead atoms. The highest BCUT2D eigenvalue weighted by molar-refractivity contribution is 5.49. The summed E-state index contributed by atoms with van der Waals surface area (Å²) in [5.41, 5.74) is 2.11. The van der Waals surface area contributed by atoms with E-state index < -0.39 is 17.6 Å². The minimum Gasteiger partial charge on any atom is -0.497 e. The number of nitrogens with zero attached hydrogens (tertiary/aromatic N) is 1. The molecule has 2 saturated carbocycles. The number of ether oxygens (including phenoxy) is 5. The maximum atomic E-state index is 11.0. The number of hydrogen-bond donors (Lipinski definition) is 1. The molecular weight excluding hydrogens is 578 g/mol. The molecule has 0 spiro atoms. The van der Waals surface area contributed by atoms with Crippen LogP contribution >= 0.6 is 0 Å². The molecule has 3 aromatic rings. The van der Waals surface area contributed by atoms with Gasteiger partial charge in [0, 0.05) is 6.42 Å². The predicted octanol–water partition coefficient (Wildman–Crippen LogP) is 7.11. The molecule has 2 aliphatic carbocycles. The standard InChI is InChI=1S/C39H47NO6/c1-37(2)34-19-20-38(37,3)36-33(34)22-35(46-36)44-25-30(41)21-26(23-40)24-45-39(27-9-7-6-8-10-27,28-11-15-31(42-4)16-12-28)29-13-17-32(43-5)18-14-29/h6-18,26,30,33-36,41H,19-22,24-25H2,1-5H3/t26-,30+,33-,34-,35-,36-,38+/m1/s1. The molecule has 7 heteroatoms. The summed E-state index contributed by atoms with van der Waals surface area (Å²) in [6.45, 7) is 7.38. The number of rotatable bonds is 13. The third-order valence-electron chi connectivity index (χ3n) is 11.6. The normalized spacial score (nSPS) is 27.5. The Kier molecular flexibility index (Phi) is 9.20. The number of aliphatic hydroxyl groups is 1. The molecule has 0 radical (unpaired) electrons. The van der Waals surface area contributed by atoms with Crippen LogP contribution in [0.4, 0.5) is 0 Å². The van der Waals surface area contributed by atoms with E-state index in [4.69, 9.17) is 23.7 Å². The van der Waals surface area contributed by atoms with Gasteiger partial charge in [0.25, 0.3) is 0 Å². The fourth-order valence-electron chi connectivity index (χ4n) is 8.66. The lowest BCUT2D eigenvalue weighted by molar-refractivity contribution is -0.175. The van der Waals surface area contributed by atoms with Crippen LogP contribution in [0.25, 0.3) is 0 Å². The van der Waals surface area contributed by atoms with Crippen LogP contribution < -0.4 is 9.47 Å². The monoisotopic (exact) mass is 625 g/mol. The first-order chi connectivity index (χ1) is 22.2. The lowest BCUT2D eigenvalue weighted by Crippen LogP contribution is -2.38. The van der Waals surface area contributed by atoms with Crippen LogP contribution in [0.3, 0.4) is 0 Å². The molecule has 1 N–H and O–H groups in total. The largest absolute Gasteiger partial charge is 0.497 e. The third-order valence-corrected chi connectivity index (χ3v) is 11.6. The van der Waals surface area contributed by atoms with Crippen molar-refractivity contribution in [1.29, 1.82) is 5.26 Å². The van der Waals surface area contributed by atoms with E-state index in [1.807, 2.05) is 78.9 Å². The smallest absolute Gasteiger partial charge is 0.158 e. The zero-order valence-corrected chi connectivity index (χ0v) is 27.6. The molecule has 46 heavy (non-hydrogen) atoms. The Balaban J connectivity index is 1.17. The second kappa shape index (κ2) is 13.0. The Morgan fingerprint density at radius 1 is 0.891 bits per heavy atom. The van der Waals surface area contributed by atoms with Gasteiger partial charge in [-0.15, -0.1) is 0 Å². The number of fused-ring (bicyclic) bond motifs is 5. The van der Waals surface area contributed by atoms with E-state index >= 15 is 0 Å². The Bertz CT molecular complexity index is 1450. The van der Waals surface area contributed by atoms with Crippen LogP contribution in [0.1, 0.15) is 63.1 Å². The van der Waals surface area contributed by atoms with Crippen molar-refractivity contribution in [3.63, 3.8) is 0 Å². The van der Waals surface area contributed by atoms with Crippen molar-refractivity contribution in [1.82, 2.24) is 0 Å². The van der Waals surface area contributed by atoms with Crippen LogP contribution in [-0.2, 0) is 19.8 Å². The van der Waals surface area contributed by atoms with Gasteiger partial charge in [-0.3, -0.25) is 0 Å². The summed E-state index contributed by atoms with van der Waals surface area (Å²) in [4.78, 5) is 0. The Labute approximate surface area is 273 Å². The molecule has 3 aliphatic rings. The lowest BCUT2D eigenvalue weighted by atomic mass is 9.70.